The number of benzene rings is 3. The number of hydrogen-bond acceptors (Lipinski definition) is 3. The second-order valence-electron chi connectivity index (χ2n) is 11.4. The molecule has 3 amide bonds. The lowest BCUT2D eigenvalue weighted by Gasteiger charge is -2.34. The number of nitriles is 1. The Bertz CT molecular complexity index is 1400. The van der Waals surface area contributed by atoms with E-state index in [0.717, 1.165) is 28.7 Å². The lowest BCUT2D eigenvalue weighted by atomic mass is 9.87. The highest BCUT2D eigenvalue weighted by atomic mass is 16.2. The maximum Gasteiger partial charge on any atom is 0.318 e. The van der Waals surface area contributed by atoms with Crippen LogP contribution in [0.3, 0.4) is 0 Å². The van der Waals surface area contributed by atoms with Gasteiger partial charge in [-0.15, -0.1) is 0 Å². The van der Waals surface area contributed by atoms with Gasteiger partial charge in [-0.3, -0.25) is 4.79 Å². The van der Waals surface area contributed by atoms with Crippen molar-refractivity contribution < 1.29 is 9.59 Å². The van der Waals surface area contributed by atoms with Crippen LogP contribution >= 0.6 is 0 Å². The van der Waals surface area contributed by atoms with Crippen molar-refractivity contribution in [3.8, 4) is 17.2 Å². The Morgan fingerprint density at radius 2 is 1.82 bits per heavy atom. The standard InChI is InChI=1S/C32H34N4O2/c1-32(2,3)35-31(38)36-15-14-26-25(23-11-7-8-21(16-23)18-33)13-12-24(29(26)20-36)19-34-30(37)28-17-27(28)22-9-5-4-6-10-22/h4-13,16,27-28H,14-15,17,19-20H2,1-3H3,(H,34,37)(H,35,38)/t27-,28+/m1/s1. The number of amides is 3. The van der Waals surface area contributed by atoms with E-state index < -0.39 is 0 Å². The predicted molar refractivity (Wildman–Crippen MR) is 148 cm³/mol. The van der Waals surface area contributed by atoms with E-state index in [1.165, 1.54) is 11.1 Å². The zero-order chi connectivity index (χ0) is 26.9. The number of fused-ring (bicyclic) bond motifs is 1. The van der Waals surface area contributed by atoms with E-state index in [9.17, 15) is 14.9 Å². The second-order valence-corrected chi connectivity index (χ2v) is 11.4. The van der Waals surface area contributed by atoms with E-state index in [2.05, 4.69) is 41.0 Å². The number of hydrogen-bond donors (Lipinski definition) is 2. The molecule has 2 aliphatic rings. The topological polar surface area (TPSA) is 85.2 Å². The quantitative estimate of drug-likeness (QED) is 0.478. The zero-order valence-electron chi connectivity index (χ0n) is 22.3. The van der Waals surface area contributed by atoms with Crippen molar-refractivity contribution in [1.82, 2.24) is 15.5 Å². The summed E-state index contributed by atoms with van der Waals surface area (Å²) < 4.78 is 0. The molecule has 1 aliphatic carbocycles. The van der Waals surface area contributed by atoms with Crippen LogP contribution in [0.1, 0.15) is 60.9 Å². The van der Waals surface area contributed by atoms with Crippen LogP contribution in [0.4, 0.5) is 4.79 Å². The van der Waals surface area contributed by atoms with Crippen LogP contribution in [0.15, 0.2) is 66.7 Å². The zero-order valence-corrected chi connectivity index (χ0v) is 22.3. The number of nitrogens with zero attached hydrogens (tertiary/aromatic N) is 2. The Morgan fingerprint density at radius 3 is 2.55 bits per heavy atom. The Morgan fingerprint density at radius 1 is 1.03 bits per heavy atom. The van der Waals surface area contributed by atoms with Crippen LogP contribution in [0.5, 0.6) is 0 Å². The van der Waals surface area contributed by atoms with E-state index >= 15 is 0 Å². The molecule has 0 aromatic heterocycles. The summed E-state index contributed by atoms with van der Waals surface area (Å²) in [6, 6.07) is 24.1. The summed E-state index contributed by atoms with van der Waals surface area (Å²) >= 11 is 0. The Labute approximate surface area is 224 Å². The molecule has 0 unspecified atom stereocenters. The fourth-order valence-corrected chi connectivity index (χ4v) is 5.37. The van der Waals surface area contributed by atoms with Crippen molar-refractivity contribution >= 4 is 11.9 Å². The van der Waals surface area contributed by atoms with Crippen molar-refractivity contribution in [2.75, 3.05) is 6.54 Å². The van der Waals surface area contributed by atoms with Crippen molar-refractivity contribution in [2.45, 2.75) is 58.2 Å². The van der Waals surface area contributed by atoms with Crippen molar-refractivity contribution in [1.29, 1.82) is 5.26 Å². The molecule has 1 aliphatic heterocycles. The SMILES string of the molecule is CC(C)(C)NC(=O)N1CCc2c(-c3cccc(C#N)c3)ccc(CNC(=O)[C@H]3C[C@@H]3c3ccccc3)c2C1. The fraction of sp³-hybridized carbons (Fsp3) is 0.344. The molecule has 3 aromatic carbocycles. The van der Waals surface area contributed by atoms with Crippen molar-refractivity contribution in [3.63, 3.8) is 0 Å². The van der Waals surface area contributed by atoms with E-state index in [-0.39, 0.29) is 29.3 Å². The molecule has 0 spiro atoms. The lowest BCUT2D eigenvalue weighted by molar-refractivity contribution is -0.122. The second kappa shape index (κ2) is 10.3. The van der Waals surface area contributed by atoms with E-state index in [0.29, 0.717) is 31.6 Å². The van der Waals surface area contributed by atoms with Crippen LogP contribution in [-0.2, 0) is 24.3 Å². The summed E-state index contributed by atoms with van der Waals surface area (Å²) in [6.45, 7) is 7.44. The van der Waals surface area contributed by atoms with Gasteiger partial charge < -0.3 is 15.5 Å². The van der Waals surface area contributed by atoms with E-state index in [4.69, 9.17) is 0 Å². The molecular weight excluding hydrogens is 472 g/mol. The van der Waals surface area contributed by atoms with Crippen LogP contribution in [0.25, 0.3) is 11.1 Å². The molecule has 2 atom stereocenters. The lowest BCUT2D eigenvalue weighted by Crippen LogP contribution is -2.50. The van der Waals surface area contributed by atoms with Gasteiger partial charge in [-0.05, 0) is 85.0 Å². The third-order valence-corrected chi connectivity index (χ3v) is 7.39. The van der Waals surface area contributed by atoms with Crippen LogP contribution in [0, 0.1) is 17.2 Å². The fourth-order valence-electron chi connectivity index (χ4n) is 5.37. The minimum atomic E-state index is -0.326. The number of nitrogens with one attached hydrogen (secondary N) is 2. The van der Waals surface area contributed by atoms with Crippen LogP contribution in [-0.4, -0.2) is 28.9 Å². The molecule has 194 valence electrons. The number of carbonyl (C=O) groups excluding carboxylic acids is 2. The Kier molecular flexibility index (Phi) is 6.94. The molecule has 1 heterocycles. The summed E-state index contributed by atoms with van der Waals surface area (Å²) in [5.74, 6) is 0.378. The van der Waals surface area contributed by atoms with Gasteiger partial charge in [-0.1, -0.05) is 54.6 Å². The first kappa shape index (κ1) is 25.5. The van der Waals surface area contributed by atoms with Crippen LogP contribution < -0.4 is 10.6 Å². The average molecular weight is 507 g/mol. The van der Waals surface area contributed by atoms with Crippen LogP contribution in [0.2, 0.25) is 0 Å². The first-order chi connectivity index (χ1) is 18.2. The highest BCUT2D eigenvalue weighted by Gasteiger charge is 2.43. The molecule has 6 heteroatoms. The molecular formula is C32H34N4O2. The average Bonchev–Trinajstić information content (AvgIpc) is 3.72. The van der Waals surface area contributed by atoms with Gasteiger partial charge in [0.1, 0.15) is 0 Å². The first-order valence-corrected chi connectivity index (χ1v) is 13.3. The molecule has 3 aromatic rings. The largest absolute Gasteiger partial charge is 0.352 e. The van der Waals surface area contributed by atoms with E-state index in [1.807, 2.05) is 62.1 Å². The number of urea groups is 1. The molecule has 0 radical (unpaired) electrons. The smallest absolute Gasteiger partial charge is 0.318 e. The molecule has 38 heavy (non-hydrogen) atoms. The van der Waals surface area contributed by atoms with Gasteiger partial charge >= 0.3 is 6.03 Å². The molecule has 6 nitrogen and oxygen atoms in total. The summed E-state index contributed by atoms with van der Waals surface area (Å²) in [5.41, 5.74) is 6.87. The summed E-state index contributed by atoms with van der Waals surface area (Å²) in [6.07, 6.45) is 1.59. The minimum Gasteiger partial charge on any atom is -0.352 e. The van der Waals surface area contributed by atoms with Gasteiger partial charge in [0.2, 0.25) is 5.91 Å². The van der Waals surface area contributed by atoms with Gasteiger partial charge in [0.25, 0.3) is 0 Å². The Balaban J connectivity index is 1.39. The first-order valence-electron chi connectivity index (χ1n) is 13.3. The maximum absolute atomic E-state index is 13.0. The maximum atomic E-state index is 13.0. The van der Waals surface area contributed by atoms with Gasteiger partial charge in [-0.25, -0.2) is 4.79 Å². The predicted octanol–water partition coefficient (Wildman–Crippen LogP) is 5.51. The normalized spacial score (nSPS) is 18.2. The van der Waals surface area contributed by atoms with E-state index in [1.54, 1.807) is 6.07 Å². The number of carbonyl (C=O) groups is 2. The van der Waals surface area contributed by atoms with Crippen molar-refractivity contribution in [3.05, 3.63) is 94.5 Å². The Hall–Kier alpha value is -4.11. The molecule has 1 fully saturated rings. The third-order valence-electron chi connectivity index (χ3n) is 7.39. The molecule has 5 rings (SSSR count). The molecule has 0 bridgehead atoms. The summed E-state index contributed by atoms with van der Waals surface area (Å²) in [7, 11) is 0. The number of rotatable bonds is 5. The molecule has 0 saturated heterocycles. The third kappa shape index (κ3) is 5.57. The molecule has 1 saturated carbocycles. The minimum absolute atomic E-state index is 0.00952. The van der Waals surface area contributed by atoms with Gasteiger partial charge in [0, 0.05) is 31.1 Å². The highest BCUT2D eigenvalue weighted by molar-refractivity contribution is 5.83. The van der Waals surface area contributed by atoms with Gasteiger partial charge in [-0.2, -0.15) is 5.26 Å². The highest BCUT2D eigenvalue weighted by Crippen LogP contribution is 2.47. The summed E-state index contributed by atoms with van der Waals surface area (Å²) in [4.78, 5) is 27.9. The monoisotopic (exact) mass is 506 g/mol. The van der Waals surface area contributed by atoms with Gasteiger partial charge in [0.05, 0.1) is 11.6 Å². The van der Waals surface area contributed by atoms with Crippen molar-refractivity contribution in [2.24, 2.45) is 5.92 Å². The summed E-state index contributed by atoms with van der Waals surface area (Å²) in [5, 5.41) is 15.6. The van der Waals surface area contributed by atoms with Gasteiger partial charge in [0.15, 0.2) is 0 Å². The molecule has 2 N–H and O–H groups in total.